The summed E-state index contributed by atoms with van der Waals surface area (Å²) in [5.74, 6) is 3.03. The highest BCUT2D eigenvalue weighted by Gasteiger charge is 2.24. The van der Waals surface area contributed by atoms with Crippen molar-refractivity contribution in [2.45, 2.75) is 44.3 Å². The van der Waals surface area contributed by atoms with Crippen LogP contribution in [0.5, 0.6) is 5.75 Å². The molecular formula is C24H34N4O4S. The largest absolute Gasteiger partial charge is 0.493 e. The zero-order valence-corrected chi connectivity index (χ0v) is 20.4. The Morgan fingerprint density at radius 3 is 2.55 bits per heavy atom. The van der Waals surface area contributed by atoms with Gasteiger partial charge in [-0.3, -0.25) is 4.79 Å². The molecule has 1 amide bonds. The standard InChI is InChI=1S/C24H34N4O4S/c1-18(2)23-25-24(32-26-23)28-9-7-21(8-10-28)33-16-15-31-20-5-3-19(4-6-20)17-22(29)27-11-13-30-14-12-27/h3-6,18,21H,7-17H2,1-2H3. The number of anilines is 1. The van der Waals surface area contributed by atoms with Gasteiger partial charge in [0.2, 0.25) is 5.91 Å². The number of hydrogen-bond acceptors (Lipinski definition) is 8. The van der Waals surface area contributed by atoms with E-state index in [0.717, 1.165) is 48.8 Å². The van der Waals surface area contributed by atoms with E-state index in [1.807, 2.05) is 40.9 Å². The Balaban J connectivity index is 1.11. The number of thioether (sulfide) groups is 1. The van der Waals surface area contributed by atoms with Crippen molar-refractivity contribution in [3.05, 3.63) is 35.7 Å². The molecule has 0 bridgehead atoms. The molecule has 8 nitrogen and oxygen atoms in total. The molecule has 9 heteroatoms. The van der Waals surface area contributed by atoms with Gasteiger partial charge in [0.05, 0.1) is 26.2 Å². The number of ether oxygens (including phenoxy) is 2. The number of aromatic nitrogens is 2. The lowest BCUT2D eigenvalue weighted by Gasteiger charge is -2.30. The van der Waals surface area contributed by atoms with E-state index in [2.05, 4.69) is 28.9 Å². The second-order valence-electron chi connectivity index (χ2n) is 8.81. The van der Waals surface area contributed by atoms with Crippen LogP contribution < -0.4 is 9.64 Å². The molecule has 1 aromatic heterocycles. The van der Waals surface area contributed by atoms with Crippen LogP contribution in [0.2, 0.25) is 0 Å². The molecule has 2 aliphatic rings. The minimum absolute atomic E-state index is 0.161. The number of rotatable bonds is 9. The van der Waals surface area contributed by atoms with Crippen molar-refractivity contribution in [2.24, 2.45) is 0 Å². The molecule has 3 heterocycles. The summed E-state index contributed by atoms with van der Waals surface area (Å²) in [5, 5.41) is 4.70. The summed E-state index contributed by atoms with van der Waals surface area (Å²) in [6.07, 6.45) is 2.64. The van der Waals surface area contributed by atoms with Crippen molar-refractivity contribution >= 4 is 23.7 Å². The third-order valence-electron chi connectivity index (χ3n) is 6.01. The lowest BCUT2D eigenvalue weighted by molar-refractivity contribution is -0.134. The lowest BCUT2D eigenvalue weighted by atomic mass is 10.1. The fraction of sp³-hybridized carbons (Fsp3) is 0.625. The van der Waals surface area contributed by atoms with Crippen LogP contribution in [-0.4, -0.2) is 78.0 Å². The third kappa shape index (κ3) is 6.86. The highest BCUT2D eigenvalue weighted by Crippen LogP contribution is 2.27. The van der Waals surface area contributed by atoms with Crippen molar-refractivity contribution < 1.29 is 18.8 Å². The molecule has 2 saturated heterocycles. The van der Waals surface area contributed by atoms with Gasteiger partial charge in [-0.1, -0.05) is 31.1 Å². The molecule has 0 unspecified atom stereocenters. The van der Waals surface area contributed by atoms with Gasteiger partial charge in [-0.25, -0.2) is 0 Å². The van der Waals surface area contributed by atoms with Crippen LogP contribution in [0.15, 0.2) is 28.8 Å². The molecule has 0 N–H and O–H groups in total. The van der Waals surface area contributed by atoms with E-state index in [0.29, 0.717) is 50.6 Å². The molecule has 0 atom stereocenters. The summed E-state index contributed by atoms with van der Waals surface area (Å²) >= 11 is 1.97. The van der Waals surface area contributed by atoms with Crippen molar-refractivity contribution in [3.63, 3.8) is 0 Å². The topological polar surface area (TPSA) is 80.9 Å². The molecule has 2 aliphatic heterocycles. The Morgan fingerprint density at radius 2 is 1.88 bits per heavy atom. The normalized spacial score (nSPS) is 17.5. The smallest absolute Gasteiger partial charge is 0.324 e. The average Bonchev–Trinajstić information content (AvgIpc) is 3.35. The number of benzene rings is 1. The predicted molar refractivity (Wildman–Crippen MR) is 129 cm³/mol. The lowest BCUT2D eigenvalue weighted by Crippen LogP contribution is -2.41. The highest BCUT2D eigenvalue weighted by molar-refractivity contribution is 7.99. The number of carbonyl (C=O) groups is 1. The van der Waals surface area contributed by atoms with Gasteiger partial charge in [-0.15, -0.1) is 0 Å². The quantitative estimate of drug-likeness (QED) is 0.512. The van der Waals surface area contributed by atoms with Gasteiger partial charge < -0.3 is 23.8 Å². The maximum absolute atomic E-state index is 12.4. The SMILES string of the molecule is CC(C)c1noc(N2CCC(SCCOc3ccc(CC(=O)N4CCOCC4)cc3)CC2)n1. The Kier molecular flexibility index (Phi) is 8.50. The van der Waals surface area contributed by atoms with Crippen molar-refractivity contribution in [2.75, 3.05) is 56.7 Å². The van der Waals surface area contributed by atoms with E-state index in [4.69, 9.17) is 14.0 Å². The van der Waals surface area contributed by atoms with Crippen LogP contribution in [-0.2, 0) is 16.0 Å². The molecule has 1 aromatic carbocycles. The van der Waals surface area contributed by atoms with Gasteiger partial charge in [0, 0.05) is 43.1 Å². The summed E-state index contributed by atoms with van der Waals surface area (Å²) in [5.41, 5.74) is 1.02. The molecule has 33 heavy (non-hydrogen) atoms. The van der Waals surface area contributed by atoms with Gasteiger partial charge in [0.25, 0.3) is 0 Å². The Bertz CT molecular complexity index is 875. The average molecular weight is 475 g/mol. The summed E-state index contributed by atoms with van der Waals surface area (Å²) in [4.78, 5) is 20.9. The van der Waals surface area contributed by atoms with E-state index >= 15 is 0 Å². The van der Waals surface area contributed by atoms with E-state index in [-0.39, 0.29) is 11.8 Å². The highest BCUT2D eigenvalue weighted by atomic mass is 32.2. The molecule has 2 aromatic rings. The number of nitrogens with zero attached hydrogens (tertiary/aromatic N) is 4. The summed E-state index contributed by atoms with van der Waals surface area (Å²) in [6, 6.07) is 8.54. The fourth-order valence-corrected chi connectivity index (χ4v) is 5.04. The van der Waals surface area contributed by atoms with Gasteiger partial charge in [0.15, 0.2) is 5.82 Å². The monoisotopic (exact) mass is 474 g/mol. The maximum atomic E-state index is 12.4. The van der Waals surface area contributed by atoms with Crippen LogP contribution in [0.3, 0.4) is 0 Å². The third-order valence-corrected chi connectivity index (χ3v) is 7.35. The first kappa shape index (κ1) is 23.9. The van der Waals surface area contributed by atoms with Crippen LogP contribution in [0.25, 0.3) is 0 Å². The summed E-state index contributed by atoms with van der Waals surface area (Å²) in [6.45, 7) is 9.35. The molecule has 4 rings (SSSR count). The van der Waals surface area contributed by atoms with Crippen LogP contribution in [0, 0.1) is 0 Å². The molecule has 180 valence electrons. The first-order chi connectivity index (χ1) is 16.1. The molecule has 2 fully saturated rings. The van der Waals surface area contributed by atoms with E-state index in [1.54, 1.807) is 0 Å². The number of amides is 1. The van der Waals surface area contributed by atoms with E-state index in [1.165, 1.54) is 0 Å². The maximum Gasteiger partial charge on any atom is 0.324 e. The van der Waals surface area contributed by atoms with E-state index < -0.39 is 0 Å². The predicted octanol–water partition coefficient (Wildman–Crippen LogP) is 3.38. The van der Waals surface area contributed by atoms with Crippen molar-refractivity contribution in [3.8, 4) is 5.75 Å². The molecule has 0 aliphatic carbocycles. The zero-order chi connectivity index (χ0) is 23.0. The minimum Gasteiger partial charge on any atom is -0.493 e. The van der Waals surface area contributed by atoms with Gasteiger partial charge in [-0.05, 0) is 30.5 Å². The Morgan fingerprint density at radius 1 is 1.15 bits per heavy atom. The molecular weight excluding hydrogens is 440 g/mol. The molecule has 0 radical (unpaired) electrons. The minimum atomic E-state index is 0.161. The number of hydrogen-bond donors (Lipinski definition) is 0. The van der Waals surface area contributed by atoms with Crippen LogP contribution >= 0.6 is 11.8 Å². The molecule has 0 spiro atoms. The Hall–Kier alpha value is -2.26. The molecule has 0 saturated carbocycles. The van der Waals surface area contributed by atoms with Gasteiger partial charge in [-0.2, -0.15) is 16.7 Å². The number of piperidine rings is 1. The van der Waals surface area contributed by atoms with E-state index in [9.17, 15) is 4.79 Å². The second kappa shape index (κ2) is 11.7. The fourth-order valence-electron chi connectivity index (χ4n) is 3.98. The summed E-state index contributed by atoms with van der Waals surface area (Å²) < 4.78 is 16.6. The zero-order valence-electron chi connectivity index (χ0n) is 19.6. The second-order valence-corrected chi connectivity index (χ2v) is 10.2. The first-order valence-electron chi connectivity index (χ1n) is 11.9. The van der Waals surface area contributed by atoms with Gasteiger partial charge >= 0.3 is 6.01 Å². The number of morpholine rings is 1. The summed E-state index contributed by atoms with van der Waals surface area (Å²) in [7, 11) is 0. The van der Waals surface area contributed by atoms with Crippen molar-refractivity contribution in [1.29, 1.82) is 0 Å². The number of carbonyl (C=O) groups excluding carboxylic acids is 1. The Labute approximate surface area is 200 Å². The first-order valence-corrected chi connectivity index (χ1v) is 12.9. The van der Waals surface area contributed by atoms with Crippen molar-refractivity contribution in [1.82, 2.24) is 15.0 Å². The van der Waals surface area contributed by atoms with Crippen LogP contribution in [0.4, 0.5) is 6.01 Å². The van der Waals surface area contributed by atoms with Gasteiger partial charge in [0.1, 0.15) is 5.75 Å². The van der Waals surface area contributed by atoms with Crippen LogP contribution in [0.1, 0.15) is 44.0 Å².